The number of benzene rings is 2. The summed E-state index contributed by atoms with van der Waals surface area (Å²) < 4.78 is 20.3. The summed E-state index contributed by atoms with van der Waals surface area (Å²) in [6, 6.07) is 18.0. The minimum atomic E-state index is -0.243. The van der Waals surface area contributed by atoms with Crippen molar-refractivity contribution in [3.8, 4) is 17.0 Å². The minimum Gasteiger partial charge on any atom is -0.497 e. The molecule has 0 aliphatic heterocycles. The number of ether oxygens (including phenoxy) is 1. The lowest BCUT2D eigenvalue weighted by atomic mass is 10.1. The topological polar surface area (TPSA) is 52.3 Å². The van der Waals surface area contributed by atoms with Crippen molar-refractivity contribution in [1.29, 1.82) is 0 Å². The third-order valence-corrected chi connectivity index (χ3v) is 4.85. The van der Waals surface area contributed by atoms with E-state index in [2.05, 4.69) is 15.3 Å². The molecule has 0 spiro atoms. The number of hydrogen-bond donors (Lipinski definition) is 0. The number of hydrogen-bond acceptors (Lipinski definition) is 5. The van der Waals surface area contributed by atoms with Crippen molar-refractivity contribution >= 4 is 17.4 Å². The van der Waals surface area contributed by atoms with Crippen LogP contribution in [0.3, 0.4) is 0 Å². The van der Waals surface area contributed by atoms with Gasteiger partial charge in [0.05, 0.1) is 12.8 Å². The van der Waals surface area contributed by atoms with Crippen LogP contribution in [0, 0.1) is 5.82 Å². The number of thioether (sulfide) groups is 1. The quantitative estimate of drug-likeness (QED) is 0.495. The van der Waals surface area contributed by atoms with Gasteiger partial charge in [0.15, 0.2) is 5.65 Å². The summed E-state index contributed by atoms with van der Waals surface area (Å²) in [7, 11) is 1.64. The SMILES string of the molecule is COc1cccc(-c2ccc3nnc(SCc4cccc(F)c4)n3n2)c1. The molecule has 7 heteroatoms. The minimum absolute atomic E-state index is 0.243. The summed E-state index contributed by atoms with van der Waals surface area (Å²) in [6.07, 6.45) is 0. The lowest BCUT2D eigenvalue weighted by molar-refractivity contribution is 0.415. The Morgan fingerprint density at radius 1 is 1.04 bits per heavy atom. The third-order valence-electron chi connectivity index (χ3n) is 3.86. The van der Waals surface area contributed by atoms with Crippen LogP contribution in [0.1, 0.15) is 5.56 Å². The highest BCUT2D eigenvalue weighted by Crippen LogP contribution is 2.25. The van der Waals surface area contributed by atoms with Gasteiger partial charge < -0.3 is 4.74 Å². The molecule has 2 aromatic heterocycles. The summed E-state index contributed by atoms with van der Waals surface area (Å²) in [5.41, 5.74) is 3.29. The Balaban J connectivity index is 1.64. The van der Waals surface area contributed by atoms with Gasteiger partial charge in [-0.2, -0.15) is 9.61 Å². The van der Waals surface area contributed by atoms with Gasteiger partial charge in [0.25, 0.3) is 0 Å². The van der Waals surface area contributed by atoms with Crippen LogP contribution in [0.25, 0.3) is 16.9 Å². The molecule has 4 rings (SSSR count). The second-order valence-electron chi connectivity index (χ2n) is 5.62. The molecular formula is C19H15FN4OS. The molecule has 0 saturated carbocycles. The average molecular weight is 366 g/mol. The molecule has 2 heterocycles. The first kappa shape index (κ1) is 16.5. The fourth-order valence-corrected chi connectivity index (χ4v) is 3.40. The van der Waals surface area contributed by atoms with Crippen LogP contribution in [0.15, 0.2) is 65.8 Å². The lowest BCUT2D eigenvalue weighted by Gasteiger charge is -2.05. The molecule has 0 atom stereocenters. The van der Waals surface area contributed by atoms with Gasteiger partial charge in [-0.25, -0.2) is 4.39 Å². The molecule has 0 amide bonds. The van der Waals surface area contributed by atoms with Gasteiger partial charge in [-0.3, -0.25) is 0 Å². The van der Waals surface area contributed by atoms with Crippen molar-refractivity contribution in [3.63, 3.8) is 0 Å². The summed E-state index contributed by atoms with van der Waals surface area (Å²) in [5, 5.41) is 13.7. The highest BCUT2D eigenvalue weighted by atomic mass is 32.2. The van der Waals surface area contributed by atoms with E-state index in [1.54, 1.807) is 17.7 Å². The maximum atomic E-state index is 13.3. The van der Waals surface area contributed by atoms with Crippen molar-refractivity contribution in [2.24, 2.45) is 0 Å². The zero-order chi connectivity index (χ0) is 17.9. The monoisotopic (exact) mass is 366 g/mol. The Morgan fingerprint density at radius 3 is 2.77 bits per heavy atom. The van der Waals surface area contributed by atoms with Crippen LogP contribution >= 0.6 is 11.8 Å². The van der Waals surface area contributed by atoms with Crippen LogP contribution in [0.5, 0.6) is 5.75 Å². The maximum absolute atomic E-state index is 13.3. The van der Waals surface area contributed by atoms with Gasteiger partial charge in [0, 0.05) is 11.3 Å². The van der Waals surface area contributed by atoms with Crippen molar-refractivity contribution in [3.05, 3.63) is 72.0 Å². The summed E-state index contributed by atoms with van der Waals surface area (Å²) in [5.74, 6) is 1.12. The number of nitrogens with zero attached hydrogens (tertiary/aromatic N) is 4. The molecule has 0 fully saturated rings. The van der Waals surface area contributed by atoms with E-state index in [0.717, 1.165) is 22.6 Å². The van der Waals surface area contributed by atoms with E-state index in [9.17, 15) is 4.39 Å². The molecule has 0 saturated heterocycles. The number of fused-ring (bicyclic) bond motifs is 1. The van der Waals surface area contributed by atoms with Gasteiger partial charge in [-0.15, -0.1) is 10.2 Å². The van der Waals surface area contributed by atoms with Crippen molar-refractivity contribution in [2.45, 2.75) is 10.9 Å². The fourth-order valence-electron chi connectivity index (χ4n) is 2.57. The fraction of sp³-hybridized carbons (Fsp3) is 0.105. The van der Waals surface area contributed by atoms with Gasteiger partial charge in [-0.05, 0) is 42.0 Å². The molecule has 0 aliphatic rings. The van der Waals surface area contributed by atoms with Gasteiger partial charge in [0.1, 0.15) is 11.6 Å². The molecule has 130 valence electrons. The summed E-state index contributed by atoms with van der Waals surface area (Å²) >= 11 is 1.47. The normalized spacial score (nSPS) is 11.0. The first-order valence-electron chi connectivity index (χ1n) is 7.97. The maximum Gasteiger partial charge on any atom is 0.212 e. The van der Waals surface area contributed by atoms with Crippen molar-refractivity contribution in [1.82, 2.24) is 19.8 Å². The zero-order valence-electron chi connectivity index (χ0n) is 14.0. The highest BCUT2D eigenvalue weighted by Gasteiger charge is 2.10. The van der Waals surface area contributed by atoms with Crippen molar-refractivity contribution in [2.75, 3.05) is 7.11 Å². The number of aromatic nitrogens is 4. The van der Waals surface area contributed by atoms with Gasteiger partial charge in [-0.1, -0.05) is 36.0 Å². The predicted octanol–water partition coefficient (Wildman–Crippen LogP) is 4.23. The zero-order valence-corrected chi connectivity index (χ0v) is 14.8. The largest absolute Gasteiger partial charge is 0.497 e. The second kappa shape index (κ2) is 7.13. The molecular weight excluding hydrogens is 351 g/mol. The highest BCUT2D eigenvalue weighted by molar-refractivity contribution is 7.98. The molecule has 5 nitrogen and oxygen atoms in total. The Hall–Kier alpha value is -2.93. The molecule has 26 heavy (non-hydrogen) atoms. The van der Waals surface area contributed by atoms with E-state index in [1.165, 1.54) is 23.9 Å². The first-order valence-corrected chi connectivity index (χ1v) is 8.95. The van der Waals surface area contributed by atoms with Crippen molar-refractivity contribution < 1.29 is 9.13 Å². The van der Waals surface area contributed by atoms with Crippen LogP contribution in [-0.2, 0) is 5.75 Å². The smallest absolute Gasteiger partial charge is 0.212 e. The predicted molar refractivity (Wildman–Crippen MR) is 98.7 cm³/mol. The van der Waals surface area contributed by atoms with Crippen LogP contribution < -0.4 is 4.74 Å². The summed E-state index contributed by atoms with van der Waals surface area (Å²) in [6.45, 7) is 0. The second-order valence-corrected chi connectivity index (χ2v) is 6.56. The molecule has 0 bridgehead atoms. The Morgan fingerprint density at radius 2 is 1.92 bits per heavy atom. The van der Waals surface area contributed by atoms with E-state index in [4.69, 9.17) is 4.74 Å². The van der Waals surface area contributed by atoms with Crippen LogP contribution in [0.4, 0.5) is 4.39 Å². The number of halogens is 1. The van der Waals surface area contributed by atoms with E-state index in [1.807, 2.05) is 42.5 Å². The summed E-state index contributed by atoms with van der Waals surface area (Å²) in [4.78, 5) is 0. The van der Waals surface area contributed by atoms with Crippen LogP contribution in [0.2, 0.25) is 0 Å². The standard InChI is InChI=1S/C19H15FN4OS/c1-25-16-7-3-5-14(11-16)17-8-9-18-21-22-19(24(18)23-17)26-12-13-4-2-6-15(20)10-13/h2-11H,12H2,1H3. The molecule has 4 aromatic rings. The lowest BCUT2D eigenvalue weighted by Crippen LogP contribution is -1.97. The van der Waals surface area contributed by atoms with E-state index in [0.29, 0.717) is 16.6 Å². The number of rotatable bonds is 5. The van der Waals surface area contributed by atoms with E-state index >= 15 is 0 Å². The first-order chi connectivity index (χ1) is 12.7. The van der Waals surface area contributed by atoms with E-state index in [-0.39, 0.29) is 5.82 Å². The third kappa shape index (κ3) is 3.39. The van der Waals surface area contributed by atoms with Gasteiger partial charge in [0.2, 0.25) is 5.16 Å². The molecule has 0 radical (unpaired) electrons. The van der Waals surface area contributed by atoms with Gasteiger partial charge >= 0.3 is 0 Å². The number of methoxy groups -OCH3 is 1. The molecule has 2 aromatic carbocycles. The molecule has 0 unspecified atom stereocenters. The Labute approximate surface area is 153 Å². The van der Waals surface area contributed by atoms with Crippen LogP contribution in [-0.4, -0.2) is 26.9 Å². The molecule has 0 aliphatic carbocycles. The van der Waals surface area contributed by atoms with E-state index < -0.39 is 0 Å². The Kier molecular flexibility index (Phi) is 4.53. The average Bonchev–Trinajstić information content (AvgIpc) is 3.09. The Bertz CT molecular complexity index is 1070. The molecule has 0 N–H and O–H groups in total.